The topological polar surface area (TPSA) is 57.7 Å². The van der Waals surface area contributed by atoms with Crippen LogP contribution in [-0.2, 0) is 14.4 Å². The molecular weight excluding hydrogens is 568 g/mol. The zero-order chi connectivity index (χ0) is 33.7. The van der Waals surface area contributed by atoms with Crippen LogP contribution in [-0.4, -0.2) is 53.6 Å². The number of allylic oxidation sites excluding steroid dienone is 2. The van der Waals surface area contributed by atoms with Crippen LogP contribution in [0.25, 0.3) is 0 Å². The number of unbranched alkanes of at least 4 members (excludes halogenated alkanes) is 21. The normalized spacial score (nSPS) is 15.6. The van der Waals surface area contributed by atoms with Gasteiger partial charge in [0.2, 0.25) is 11.8 Å². The summed E-state index contributed by atoms with van der Waals surface area (Å²) in [7, 11) is 0. The SMILES string of the molecule is CC/C=C/CCCCCCCCCCCC(=O)N1CCN(C(=O)CCCCCCCCCCCCCCC)CC(C(=O)C(C)C)C1. The average molecular weight is 645 g/mol. The molecule has 2 amide bonds. The second kappa shape index (κ2) is 29.5. The first-order valence-corrected chi connectivity index (χ1v) is 20.1. The van der Waals surface area contributed by atoms with E-state index in [2.05, 4.69) is 26.0 Å². The Morgan fingerprint density at radius 3 is 1.28 bits per heavy atom. The number of carbonyl (C=O) groups excluding carboxylic acids is 3. The van der Waals surface area contributed by atoms with Crippen molar-refractivity contribution in [3.05, 3.63) is 12.2 Å². The summed E-state index contributed by atoms with van der Waals surface area (Å²) in [5, 5.41) is 0. The number of rotatable bonds is 29. The van der Waals surface area contributed by atoms with E-state index in [0.717, 1.165) is 32.1 Å². The van der Waals surface area contributed by atoms with E-state index in [1.54, 1.807) is 0 Å². The van der Waals surface area contributed by atoms with Crippen molar-refractivity contribution in [2.24, 2.45) is 11.8 Å². The lowest BCUT2D eigenvalue weighted by molar-refractivity contribution is -0.133. The predicted octanol–water partition coefficient (Wildman–Crippen LogP) is 11.2. The third-order valence-electron chi connectivity index (χ3n) is 9.86. The third kappa shape index (κ3) is 22.0. The maximum absolute atomic E-state index is 13.2. The Balaban J connectivity index is 2.27. The number of Topliss-reactive ketones (excluding diaryl/α,β-unsaturated/α-hetero) is 1. The fraction of sp³-hybridized carbons (Fsp3) is 0.878. The van der Waals surface area contributed by atoms with E-state index >= 15 is 0 Å². The second-order valence-electron chi connectivity index (χ2n) is 14.5. The monoisotopic (exact) mass is 645 g/mol. The van der Waals surface area contributed by atoms with Crippen molar-refractivity contribution >= 4 is 17.6 Å². The van der Waals surface area contributed by atoms with Crippen LogP contribution < -0.4 is 0 Å². The van der Waals surface area contributed by atoms with Gasteiger partial charge in [0.05, 0.1) is 5.92 Å². The van der Waals surface area contributed by atoms with Crippen molar-refractivity contribution in [2.75, 3.05) is 26.2 Å². The second-order valence-corrected chi connectivity index (χ2v) is 14.5. The standard InChI is InChI=1S/C41H76N2O3/c1-5-7-9-11-13-15-17-19-21-23-25-27-29-31-39(44)42-33-34-43(36-38(35-42)41(46)37(3)4)40(45)32-30-28-26-24-22-20-18-16-14-12-10-8-6-2/h7,9,37-38H,5-6,8,10-36H2,1-4H3/b9-7+. The lowest BCUT2D eigenvalue weighted by atomic mass is 9.94. The molecule has 0 radical (unpaired) electrons. The molecule has 1 rings (SSSR count). The van der Waals surface area contributed by atoms with Crippen molar-refractivity contribution in [1.82, 2.24) is 9.80 Å². The Kier molecular flexibility index (Phi) is 27.2. The highest BCUT2D eigenvalue weighted by Crippen LogP contribution is 2.19. The predicted molar refractivity (Wildman–Crippen MR) is 197 cm³/mol. The molecule has 5 nitrogen and oxygen atoms in total. The van der Waals surface area contributed by atoms with E-state index in [1.165, 1.54) is 122 Å². The molecule has 46 heavy (non-hydrogen) atoms. The summed E-state index contributed by atoms with van der Waals surface area (Å²) in [4.78, 5) is 43.2. The van der Waals surface area contributed by atoms with E-state index in [0.29, 0.717) is 39.0 Å². The summed E-state index contributed by atoms with van der Waals surface area (Å²) in [6.07, 6.45) is 35.9. The minimum absolute atomic E-state index is 0.0871. The summed E-state index contributed by atoms with van der Waals surface area (Å²) in [6, 6.07) is 0. The smallest absolute Gasteiger partial charge is 0.222 e. The van der Waals surface area contributed by atoms with Crippen LogP contribution in [0.4, 0.5) is 0 Å². The van der Waals surface area contributed by atoms with E-state index in [-0.39, 0.29) is 29.4 Å². The molecule has 0 saturated carbocycles. The van der Waals surface area contributed by atoms with Gasteiger partial charge in [-0.05, 0) is 32.1 Å². The molecule has 0 aromatic rings. The van der Waals surface area contributed by atoms with Crippen molar-refractivity contribution < 1.29 is 14.4 Å². The molecule has 0 aliphatic carbocycles. The van der Waals surface area contributed by atoms with Gasteiger partial charge in [0.1, 0.15) is 5.78 Å². The van der Waals surface area contributed by atoms with Crippen LogP contribution in [0.3, 0.4) is 0 Å². The van der Waals surface area contributed by atoms with Gasteiger partial charge in [-0.2, -0.15) is 0 Å². The molecule has 0 aromatic heterocycles. The number of amides is 2. The molecule has 0 spiro atoms. The first-order valence-electron chi connectivity index (χ1n) is 20.1. The van der Waals surface area contributed by atoms with Crippen LogP contribution >= 0.6 is 0 Å². The number of carbonyl (C=O) groups is 3. The number of hydrogen-bond acceptors (Lipinski definition) is 3. The molecule has 0 bridgehead atoms. The van der Waals surface area contributed by atoms with E-state index in [1.807, 2.05) is 23.6 Å². The van der Waals surface area contributed by atoms with E-state index < -0.39 is 0 Å². The zero-order valence-electron chi connectivity index (χ0n) is 31.1. The molecule has 1 unspecified atom stereocenters. The largest absolute Gasteiger partial charge is 0.340 e. The van der Waals surface area contributed by atoms with Crippen LogP contribution in [0.1, 0.15) is 195 Å². The molecule has 1 fully saturated rings. The van der Waals surface area contributed by atoms with Crippen LogP contribution in [0.15, 0.2) is 12.2 Å². The van der Waals surface area contributed by atoms with Crippen LogP contribution in [0.2, 0.25) is 0 Å². The number of ketones is 1. The highest BCUT2D eigenvalue weighted by atomic mass is 16.2. The van der Waals surface area contributed by atoms with Gasteiger partial charge in [-0.3, -0.25) is 14.4 Å². The summed E-state index contributed by atoms with van der Waals surface area (Å²) in [5.74, 6) is 0.133. The summed E-state index contributed by atoms with van der Waals surface area (Å²) >= 11 is 0. The maximum atomic E-state index is 13.2. The van der Waals surface area contributed by atoms with Gasteiger partial charge in [0.25, 0.3) is 0 Å². The van der Waals surface area contributed by atoms with E-state index in [9.17, 15) is 14.4 Å². The van der Waals surface area contributed by atoms with Gasteiger partial charge in [-0.25, -0.2) is 0 Å². The fourth-order valence-corrected chi connectivity index (χ4v) is 6.79. The maximum Gasteiger partial charge on any atom is 0.222 e. The lowest BCUT2D eigenvalue weighted by Crippen LogP contribution is -2.39. The Bertz CT molecular complexity index is 793. The molecule has 0 N–H and O–H groups in total. The van der Waals surface area contributed by atoms with Gasteiger partial charge in [0.15, 0.2) is 0 Å². The molecule has 1 atom stereocenters. The molecule has 1 saturated heterocycles. The Hall–Kier alpha value is -1.65. The van der Waals surface area contributed by atoms with Gasteiger partial charge in [-0.15, -0.1) is 0 Å². The van der Waals surface area contributed by atoms with Crippen molar-refractivity contribution in [3.8, 4) is 0 Å². The van der Waals surface area contributed by atoms with Crippen LogP contribution in [0.5, 0.6) is 0 Å². The van der Waals surface area contributed by atoms with Crippen molar-refractivity contribution in [1.29, 1.82) is 0 Å². The Labute approximate surface area is 286 Å². The number of hydrogen-bond donors (Lipinski definition) is 0. The lowest BCUT2D eigenvalue weighted by Gasteiger charge is -2.25. The molecule has 5 heteroatoms. The van der Waals surface area contributed by atoms with E-state index in [4.69, 9.17) is 0 Å². The molecule has 1 aliphatic heterocycles. The summed E-state index contributed by atoms with van der Waals surface area (Å²) < 4.78 is 0. The minimum Gasteiger partial charge on any atom is -0.340 e. The van der Waals surface area contributed by atoms with Gasteiger partial charge < -0.3 is 9.80 Å². The molecule has 1 heterocycles. The quantitative estimate of drug-likeness (QED) is 0.0601. The highest BCUT2D eigenvalue weighted by molar-refractivity contribution is 5.85. The first kappa shape index (κ1) is 42.4. The first-order chi connectivity index (χ1) is 22.4. The molecular formula is C41H76N2O3. The Morgan fingerprint density at radius 2 is 0.913 bits per heavy atom. The highest BCUT2D eigenvalue weighted by Gasteiger charge is 2.32. The molecule has 268 valence electrons. The minimum atomic E-state index is -0.273. The zero-order valence-corrected chi connectivity index (χ0v) is 31.1. The van der Waals surface area contributed by atoms with Crippen molar-refractivity contribution in [2.45, 2.75) is 195 Å². The molecule has 0 aromatic carbocycles. The van der Waals surface area contributed by atoms with Gasteiger partial charge in [-0.1, -0.05) is 162 Å². The average Bonchev–Trinajstić information content (AvgIpc) is 3.28. The van der Waals surface area contributed by atoms with Crippen molar-refractivity contribution in [3.63, 3.8) is 0 Å². The fourth-order valence-electron chi connectivity index (χ4n) is 6.79. The summed E-state index contributed by atoms with van der Waals surface area (Å²) in [6.45, 7) is 10.4. The molecule has 1 aliphatic rings. The van der Waals surface area contributed by atoms with Gasteiger partial charge in [0, 0.05) is 44.9 Å². The summed E-state index contributed by atoms with van der Waals surface area (Å²) in [5.41, 5.74) is 0. The van der Waals surface area contributed by atoms with Crippen LogP contribution in [0, 0.1) is 11.8 Å². The van der Waals surface area contributed by atoms with Gasteiger partial charge >= 0.3 is 0 Å². The number of nitrogens with zero attached hydrogens (tertiary/aromatic N) is 2. The Morgan fingerprint density at radius 1 is 0.543 bits per heavy atom. The third-order valence-corrected chi connectivity index (χ3v) is 9.86.